The molecule has 1 aromatic carbocycles. The Hall–Kier alpha value is -2.69. The number of likely N-dealkylation sites (tertiary alicyclic amines) is 1. The van der Waals surface area contributed by atoms with Crippen LogP contribution in [0, 0.1) is 31.1 Å². The molecule has 1 spiro atoms. The average molecular weight is 451 g/mol. The third-order valence-electron chi connectivity index (χ3n) is 6.56. The quantitative estimate of drug-likeness (QED) is 0.393. The Kier molecular flexibility index (Phi) is 6.50. The molecule has 0 bridgehead atoms. The van der Waals surface area contributed by atoms with E-state index in [9.17, 15) is 31.9 Å². The molecule has 1 aromatic rings. The zero-order chi connectivity index (χ0) is 23.8. The van der Waals surface area contributed by atoms with Gasteiger partial charge < -0.3 is 4.90 Å². The third-order valence-corrected chi connectivity index (χ3v) is 6.56. The van der Waals surface area contributed by atoms with Gasteiger partial charge in [0, 0.05) is 31.5 Å². The second kappa shape index (κ2) is 8.68. The summed E-state index contributed by atoms with van der Waals surface area (Å²) in [5.74, 6) is -2.21. The summed E-state index contributed by atoms with van der Waals surface area (Å²) in [4.78, 5) is 38.7. The number of nitrogens with zero attached hydrogens (tertiary/aromatic N) is 1. The van der Waals surface area contributed by atoms with Crippen LogP contribution in [0.5, 0.6) is 0 Å². The molecule has 1 amide bonds. The predicted molar refractivity (Wildman–Crippen MR) is 110 cm³/mol. The van der Waals surface area contributed by atoms with E-state index in [2.05, 4.69) is 11.8 Å². The first-order valence-electron chi connectivity index (χ1n) is 10.5. The number of piperidine rings is 1. The molecule has 0 N–H and O–H groups in total. The van der Waals surface area contributed by atoms with Crippen LogP contribution in [0.3, 0.4) is 0 Å². The average Bonchev–Trinajstić information content (AvgIpc) is 2.69. The maximum Gasteiger partial charge on any atom is 0.383 e. The Morgan fingerprint density at radius 1 is 1.09 bits per heavy atom. The Balaban J connectivity index is 1.77. The highest BCUT2D eigenvalue weighted by molar-refractivity contribution is 6.10. The van der Waals surface area contributed by atoms with Crippen molar-refractivity contribution in [3.8, 4) is 11.8 Å². The Labute approximate surface area is 184 Å². The fourth-order valence-electron chi connectivity index (χ4n) is 5.00. The first-order chi connectivity index (χ1) is 14.9. The number of amides is 1. The summed E-state index contributed by atoms with van der Waals surface area (Å²) in [6.45, 7) is 5.02. The highest BCUT2D eigenvalue weighted by atomic mass is 19.3. The van der Waals surface area contributed by atoms with Crippen molar-refractivity contribution in [3.63, 3.8) is 0 Å². The lowest BCUT2D eigenvalue weighted by Crippen LogP contribution is -2.53. The number of ketones is 2. The lowest BCUT2D eigenvalue weighted by molar-refractivity contribution is -0.182. The second-order valence-corrected chi connectivity index (χ2v) is 8.83. The molecule has 4 nitrogen and oxygen atoms in total. The molecule has 8 heteroatoms. The van der Waals surface area contributed by atoms with Crippen LogP contribution in [0.25, 0.3) is 0 Å². The molecule has 0 aromatic heterocycles. The van der Waals surface area contributed by atoms with Gasteiger partial charge in [-0.15, -0.1) is 5.92 Å². The van der Waals surface area contributed by atoms with Crippen molar-refractivity contribution >= 4 is 17.5 Å². The number of halogens is 4. The van der Waals surface area contributed by atoms with Gasteiger partial charge in [0.25, 0.3) is 5.91 Å². The van der Waals surface area contributed by atoms with Crippen LogP contribution in [0.1, 0.15) is 60.8 Å². The van der Waals surface area contributed by atoms with Gasteiger partial charge >= 0.3 is 12.3 Å². The van der Waals surface area contributed by atoms with Crippen molar-refractivity contribution in [1.29, 1.82) is 0 Å². The summed E-state index contributed by atoms with van der Waals surface area (Å²) in [7, 11) is 0. The Morgan fingerprint density at radius 3 is 2.03 bits per heavy atom. The highest BCUT2D eigenvalue weighted by Gasteiger charge is 2.53. The summed E-state index contributed by atoms with van der Waals surface area (Å²) >= 11 is 0. The molecule has 0 atom stereocenters. The first-order valence-corrected chi connectivity index (χ1v) is 10.5. The van der Waals surface area contributed by atoms with E-state index in [0.29, 0.717) is 10.5 Å². The van der Waals surface area contributed by atoms with E-state index >= 15 is 0 Å². The predicted octanol–water partition coefficient (Wildman–Crippen LogP) is 4.20. The molecule has 3 rings (SSSR count). The van der Waals surface area contributed by atoms with Gasteiger partial charge in [-0.3, -0.25) is 14.4 Å². The van der Waals surface area contributed by atoms with E-state index in [1.807, 2.05) is 26.0 Å². The standard InChI is InChI=1S/C24H25F4NO3/c1-4-5-16-10-14(2)19(15(3)11-16)20-17(30)12-23(13-18(20)31)6-8-29(9-7-23)22(32)24(27,28)21(25)26/h10-11,20-21H,6-9,12-13H2,1-3H3. The summed E-state index contributed by atoms with van der Waals surface area (Å²) in [6, 6.07) is 3.69. The van der Waals surface area contributed by atoms with Crippen LogP contribution in [-0.4, -0.2) is 47.8 Å². The second-order valence-electron chi connectivity index (χ2n) is 8.83. The number of hydrogen-bond acceptors (Lipinski definition) is 3. The van der Waals surface area contributed by atoms with Gasteiger partial charge in [0.1, 0.15) is 17.5 Å². The lowest BCUT2D eigenvalue weighted by Gasteiger charge is -2.45. The lowest BCUT2D eigenvalue weighted by atomic mass is 9.62. The molecule has 0 radical (unpaired) electrons. The van der Waals surface area contributed by atoms with Crippen molar-refractivity contribution in [1.82, 2.24) is 4.90 Å². The van der Waals surface area contributed by atoms with Gasteiger partial charge in [-0.25, -0.2) is 8.78 Å². The molecule has 1 saturated heterocycles. The minimum absolute atomic E-state index is 0.0894. The number of hydrogen-bond donors (Lipinski definition) is 0. The molecule has 32 heavy (non-hydrogen) atoms. The highest BCUT2D eigenvalue weighted by Crippen LogP contribution is 2.47. The van der Waals surface area contributed by atoms with Crippen molar-refractivity contribution in [3.05, 3.63) is 34.4 Å². The van der Waals surface area contributed by atoms with Gasteiger partial charge in [0.2, 0.25) is 0 Å². The molecule has 1 heterocycles. The van der Waals surface area contributed by atoms with Gasteiger partial charge in [0.05, 0.1) is 0 Å². The summed E-state index contributed by atoms with van der Waals surface area (Å²) in [5, 5.41) is 0. The molecule has 1 aliphatic heterocycles. The fourth-order valence-corrected chi connectivity index (χ4v) is 5.00. The number of alkyl halides is 4. The molecule has 1 saturated carbocycles. The minimum Gasteiger partial charge on any atom is -0.337 e. The Bertz CT molecular complexity index is 971. The normalized spacial score (nSPS) is 19.3. The summed E-state index contributed by atoms with van der Waals surface area (Å²) in [5.41, 5.74) is 2.37. The molecule has 0 unspecified atom stereocenters. The van der Waals surface area contributed by atoms with Crippen LogP contribution >= 0.6 is 0 Å². The number of rotatable bonds is 3. The summed E-state index contributed by atoms with van der Waals surface area (Å²) in [6.07, 6.45) is -3.61. The smallest absolute Gasteiger partial charge is 0.337 e. The van der Waals surface area contributed by atoms with Crippen LogP contribution in [-0.2, 0) is 14.4 Å². The van der Waals surface area contributed by atoms with Crippen LogP contribution < -0.4 is 0 Å². The molecular weight excluding hydrogens is 426 g/mol. The SMILES string of the molecule is CC#Cc1cc(C)c(C2C(=O)CC3(CCN(C(=O)C(F)(F)C(F)F)CC3)CC2=O)c(C)c1. The van der Waals surface area contributed by atoms with Gasteiger partial charge in [0.15, 0.2) is 0 Å². The van der Waals surface area contributed by atoms with Crippen molar-refractivity contribution in [2.75, 3.05) is 13.1 Å². The molecule has 2 aliphatic rings. The van der Waals surface area contributed by atoms with E-state index in [4.69, 9.17) is 0 Å². The number of carbonyl (C=O) groups excluding carboxylic acids is 3. The van der Waals surface area contributed by atoms with E-state index in [0.717, 1.165) is 16.7 Å². The monoisotopic (exact) mass is 451 g/mol. The van der Waals surface area contributed by atoms with Crippen LogP contribution in [0.4, 0.5) is 17.6 Å². The minimum atomic E-state index is -4.74. The topological polar surface area (TPSA) is 54.5 Å². The van der Waals surface area contributed by atoms with Crippen molar-refractivity contribution in [2.24, 2.45) is 5.41 Å². The first kappa shape index (κ1) is 24.0. The zero-order valence-electron chi connectivity index (χ0n) is 18.2. The molecule has 1 aliphatic carbocycles. The summed E-state index contributed by atoms with van der Waals surface area (Å²) < 4.78 is 51.9. The van der Waals surface area contributed by atoms with Gasteiger partial charge in [-0.1, -0.05) is 5.92 Å². The van der Waals surface area contributed by atoms with E-state index in [-0.39, 0.29) is 50.3 Å². The van der Waals surface area contributed by atoms with E-state index in [1.165, 1.54) is 0 Å². The number of aryl methyl sites for hydroxylation is 2. The largest absolute Gasteiger partial charge is 0.383 e. The van der Waals surface area contributed by atoms with Crippen molar-refractivity contribution < 1.29 is 31.9 Å². The van der Waals surface area contributed by atoms with E-state index < -0.39 is 29.6 Å². The maximum absolute atomic E-state index is 13.4. The maximum atomic E-state index is 13.4. The molecular formula is C24H25F4NO3. The Morgan fingerprint density at radius 2 is 1.59 bits per heavy atom. The van der Waals surface area contributed by atoms with Crippen molar-refractivity contribution in [2.45, 2.75) is 64.7 Å². The number of benzene rings is 1. The van der Waals surface area contributed by atoms with Crippen LogP contribution in [0.15, 0.2) is 12.1 Å². The van der Waals surface area contributed by atoms with Gasteiger partial charge in [-0.05, 0) is 67.9 Å². The number of carbonyl (C=O) groups is 3. The zero-order valence-corrected chi connectivity index (χ0v) is 18.2. The van der Waals surface area contributed by atoms with Crippen LogP contribution in [0.2, 0.25) is 0 Å². The molecule has 2 fully saturated rings. The molecule has 172 valence electrons. The van der Waals surface area contributed by atoms with E-state index in [1.54, 1.807) is 6.92 Å². The number of Topliss-reactive ketones (excluding diaryl/α,β-unsaturated/α-hetero) is 2. The van der Waals surface area contributed by atoms with Gasteiger partial charge in [-0.2, -0.15) is 8.78 Å². The fraction of sp³-hybridized carbons (Fsp3) is 0.542. The third kappa shape index (κ3) is 4.30.